The van der Waals surface area contributed by atoms with E-state index in [0.717, 1.165) is 38.5 Å². The van der Waals surface area contributed by atoms with E-state index in [2.05, 4.69) is 16.0 Å². The Balaban J connectivity index is 3.96. The van der Waals surface area contributed by atoms with Gasteiger partial charge in [0, 0.05) is 32.4 Å². The van der Waals surface area contributed by atoms with Crippen molar-refractivity contribution in [1.82, 2.24) is 16.0 Å². The van der Waals surface area contributed by atoms with E-state index in [4.69, 9.17) is 28.4 Å². The number of amides is 3. The molecule has 3 N–H and O–H groups in total. The van der Waals surface area contributed by atoms with Crippen LogP contribution in [0.5, 0.6) is 0 Å². The van der Waals surface area contributed by atoms with Crippen LogP contribution < -0.4 is 21.1 Å². The van der Waals surface area contributed by atoms with Gasteiger partial charge < -0.3 is 54.3 Å². The Kier molecular flexibility index (Phi) is 35.2. The zero-order valence-electron chi connectivity index (χ0n) is 38.6. The Morgan fingerprint density at radius 2 is 0.869 bits per heavy atom. The molecule has 0 aromatic carbocycles. The molecule has 61 heavy (non-hydrogen) atoms. The number of carbonyl (C=O) groups excluding carboxylic acids is 6. The number of aliphatic carboxylic acids is 1. The Hall–Kier alpha value is -3.34. The van der Waals surface area contributed by atoms with Gasteiger partial charge in [-0.25, -0.2) is 4.79 Å². The van der Waals surface area contributed by atoms with Gasteiger partial charge >= 0.3 is 11.9 Å². The maximum Gasteiger partial charge on any atom is 0.329 e. The highest BCUT2D eigenvalue weighted by Gasteiger charge is 2.27. The molecule has 0 aromatic heterocycles. The van der Waals surface area contributed by atoms with Crippen LogP contribution in [0.4, 0.5) is 0 Å². The average Bonchev–Trinajstić information content (AvgIpc) is 3.16. The first-order valence-corrected chi connectivity index (χ1v) is 22.8. The van der Waals surface area contributed by atoms with Crippen LogP contribution in [0.25, 0.3) is 0 Å². The standard InChI is InChI=1S/C45H83N3O13/c1-44(2,3)60-42(54)24-22-20-18-16-14-12-10-8-7-9-11-13-15-17-19-21-23-39(50)48-37(43(55)61-45(4,5)6)25-26-38(49)46-27-29-56-31-33-58-35-40(51)47-28-30-57-32-34-59-36-41(52)53/h37H,7-36H2,1-6H3,(H,46,49)(H,47,51)(H,48,50)(H,52,53)/p-1/t37-/m0/s1. The third-order valence-electron chi connectivity index (χ3n) is 8.98. The van der Waals surface area contributed by atoms with Crippen molar-refractivity contribution in [2.24, 2.45) is 0 Å². The van der Waals surface area contributed by atoms with E-state index in [1.807, 2.05) is 20.8 Å². The second-order valence-electron chi connectivity index (χ2n) is 17.3. The number of ether oxygens (including phenoxy) is 6. The van der Waals surface area contributed by atoms with E-state index in [1.54, 1.807) is 20.8 Å². The normalized spacial score (nSPS) is 12.1. The van der Waals surface area contributed by atoms with Gasteiger partial charge in [0.2, 0.25) is 17.7 Å². The van der Waals surface area contributed by atoms with Crippen LogP contribution in [0.2, 0.25) is 0 Å². The minimum Gasteiger partial charge on any atom is -0.548 e. The van der Waals surface area contributed by atoms with Gasteiger partial charge in [-0.15, -0.1) is 0 Å². The van der Waals surface area contributed by atoms with E-state index in [-0.39, 0.29) is 95.9 Å². The predicted octanol–water partition coefficient (Wildman–Crippen LogP) is 5.01. The molecule has 0 radical (unpaired) electrons. The Morgan fingerprint density at radius 1 is 0.459 bits per heavy atom. The summed E-state index contributed by atoms with van der Waals surface area (Å²) >= 11 is 0. The number of esters is 2. The molecule has 16 nitrogen and oxygen atoms in total. The monoisotopic (exact) mass is 873 g/mol. The Morgan fingerprint density at radius 3 is 1.33 bits per heavy atom. The maximum atomic E-state index is 12.9. The molecule has 0 heterocycles. The van der Waals surface area contributed by atoms with E-state index in [0.29, 0.717) is 12.8 Å². The van der Waals surface area contributed by atoms with Crippen LogP contribution in [0.15, 0.2) is 0 Å². The lowest BCUT2D eigenvalue weighted by atomic mass is 10.0. The summed E-state index contributed by atoms with van der Waals surface area (Å²) in [4.78, 5) is 71.9. The van der Waals surface area contributed by atoms with Gasteiger partial charge in [0.1, 0.15) is 23.9 Å². The highest BCUT2D eigenvalue weighted by atomic mass is 16.6. The molecule has 0 rings (SSSR count). The summed E-state index contributed by atoms with van der Waals surface area (Å²) in [6.07, 6.45) is 19.4. The molecule has 0 saturated heterocycles. The number of nitrogens with one attached hydrogen (secondary N) is 3. The lowest BCUT2D eigenvalue weighted by Gasteiger charge is -2.24. The van der Waals surface area contributed by atoms with Crippen LogP contribution >= 0.6 is 0 Å². The van der Waals surface area contributed by atoms with Gasteiger partial charge in [-0.3, -0.25) is 19.2 Å². The summed E-state index contributed by atoms with van der Waals surface area (Å²) < 4.78 is 31.5. The van der Waals surface area contributed by atoms with Gasteiger partial charge in [0.05, 0.1) is 52.2 Å². The molecule has 0 fully saturated rings. The first-order chi connectivity index (χ1) is 29.0. The molecule has 0 saturated carbocycles. The van der Waals surface area contributed by atoms with Gasteiger partial charge in [0.15, 0.2) is 0 Å². The largest absolute Gasteiger partial charge is 0.548 e. The highest BCUT2D eigenvalue weighted by Crippen LogP contribution is 2.16. The molecule has 1 atom stereocenters. The van der Waals surface area contributed by atoms with Gasteiger partial charge in [-0.2, -0.15) is 0 Å². The molecule has 0 aliphatic heterocycles. The molecule has 356 valence electrons. The van der Waals surface area contributed by atoms with Crippen LogP contribution in [-0.4, -0.2) is 119 Å². The third kappa shape index (κ3) is 43.1. The fourth-order valence-corrected chi connectivity index (χ4v) is 6.01. The van der Waals surface area contributed by atoms with Crippen LogP contribution in [0, 0.1) is 0 Å². The number of carbonyl (C=O) groups is 6. The molecule has 0 aliphatic carbocycles. The van der Waals surface area contributed by atoms with Crippen molar-refractivity contribution in [3.05, 3.63) is 0 Å². The van der Waals surface area contributed by atoms with E-state index >= 15 is 0 Å². The summed E-state index contributed by atoms with van der Waals surface area (Å²) in [5.41, 5.74) is -1.14. The molecule has 0 unspecified atom stereocenters. The van der Waals surface area contributed by atoms with E-state index < -0.39 is 35.8 Å². The summed E-state index contributed by atoms with van der Waals surface area (Å²) in [6.45, 7) is 12.0. The SMILES string of the molecule is CC(C)(C)OC(=O)CCCCCCCCCCCCCCCCCCC(=O)N[C@@H](CCC(=O)NCCOCCOCC(=O)NCCOCCOCC(=O)[O-])C(=O)OC(C)(C)C. The smallest absolute Gasteiger partial charge is 0.329 e. The Bertz CT molecular complexity index is 1190. The Labute approximate surface area is 366 Å². The summed E-state index contributed by atoms with van der Waals surface area (Å²) in [5.74, 6) is -2.80. The van der Waals surface area contributed by atoms with Crippen LogP contribution in [0.3, 0.4) is 0 Å². The molecule has 0 aliphatic rings. The first kappa shape index (κ1) is 57.7. The number of carboxylic acid groups (broad SMARTS) is 1. The lowest BCUT2D eigenvalue weighted by molar-refractivity contribution is -0.309. The minimum atomic E-state index is -1.30. The molecule has 3 amide bonds. The number of hydrogen-bond acceptors (Lipinski definition) is 13. The van der Waals surface area contributed by atoms with E-state index in [1.165, 1.54) is 64.2 Å². The van der Waals surface area contributed by atoms with Gasteiger partial charge in [0.25, 0.3) is 0 Å². The highest BCUT2D eigenvalue weighted by molar-refractivity contribution is 5.85. The van der Waals surface area contributed by atoms with Crippen molar-refractivity contribution >= 4 is 35.6 Å². The summed E-state index contributed by atoms with van der Waals surface area (Å²) in [6, 6.07) is -0.930. The first-order valence-electron chi connectivity index (χ1n) is 22.8. The van der Waals surface area contributed by atoms with Crippen molar-refractivity contribution < 1.29 is 62.3 Å². The van der Waals surface area contributed by atoms with Crippen molar-refractivity contribution in [3.63, 3.8) is 0 Å². The van der Waals surface area contributed by atoms with Crippen molar-refractivity contribution in [3.8, 4) is 0 Å². The molecule has 0 spiro atoms. The van der Waals surface area contributed by atoms with Crippen LogP contribution in [-0.2, 0) is 57.2 Å². The third-order valence-corrected chi connectivity index (χ3v) is 8.98. The molecule has 0 bridgehead atoms. The number of carboxylic acids is 1. The van der Waals surface area contributed by atoms with Crippen molar-refractivity contribution in [2.45, 2.75) is 187 Å². The molecular formula is C45H82N3O13-. The fourth-order valence-electron chi connectivity index (χ4n) is 6.01. The zero-order valence-corrected chi connectivity index (χ0v) is 38.6. The van der Waals surface area contributed by atoms with E-state index in [9.17, 15) is 33.9 Å². The number of rotatable bonds is 40. The summed E-state index contributed by atoms with van der Waals surface area (Å²) in [5, 5.41) is 18.4. The second-order valence-corrected chi connectivity index (χ2v) is 17.3. The number of hydrogen-bond donors (Lipinski definition) is 3. The second kappa shape index (κ2) is 37.2. The van der Waals surface area contributed by atoms with Gasteiger partial charge in [-0.05, 0) is 60.8 Å². The zero-order chi connectivity index (χ0) is 45.6. The minimum absolute atomic E-state index is 0.0174. The quantitative estimate of drug-likeness (QED) is 0.0546. The molecule has 0 aromatic rings. The maximum absolute atomic E-state index is 12.9. The van der Waals surface area contributed by atoms with Crippen molar-refractivity contribution in [2.75, 3.05) is 65.9 Å². The molecule has 16 heteroatoms. The predicted molar refractivity (Wildman–Crippen MR) is 230 cm³/mol. The van der Waals surface area contributed by atoms with Crippen LogP contribution in [0.1, 0.15) is 170 Å². The number of unbranched alkanes of at least 4 members (excludes halogenated alkanes) is 15. The lowest BCUT2D eigenvalue weighted by Crippen LogP contribution is -2.44. The van der Waals surface area contributed by atoms with Crippen molar-refractivity contribution in [1.29, 1.82) is 0 Å². The fraction of sp³-hybridized carbons (Fsp3) is 0.867. The topological polar surface area (TPSA) is 217 Å². The van der Waals surface area contributed by atoms with Gasteiger partial charge in [-0.1, -0.05) is 89.9 Å². The summed E-state index contributed by atoms with van der Waals surface area (Å²) in [7, 11) is 0. The average molecular weight is 873 g/mol. The molecular weight excluding hydrogens is 791 g/mol.